The fourth-order valence-electron chi connectivity index (χ4n) is 1.84. The molecule has 0 aromatic heterocycles. The fraction of sp³-hybridized carbons (Fsp3) is 0. The smallest absolute Gasteiger partial charge is 0.415 e. The molecule has 0 atom stereocenters. The predicted octanol–water partition coefficient (Wildman–Crippen LogP) is 2.67. The van der Waals surface area contributed by atoms with Gasteiger partial charge in [-0.3, -0.25) is 4.57 Å². The summed E-state index contributed by atoms with van der Waals surface area (Å²) in [5.74, 6) is 0. The number of para-hydroxylation sites is 1. The van der Waals surface area contributed by atoms with Gasteiger partial charge in [0.2, 0.25) is 0 Å². The third-order valence-electron chi connectivity index (χ3n) is 2.59. The van der Waals surface area contributed by atoms with Crippen LogP contribution in [-0.4, -0.2) is 20.8 Å². The molecule has 2 aliphatic heterocycles. The van der Waals surface area contributed by atoms with Crippen LogP contribution in [0.25, 0.3) is 22.2 Å². The first-order valence-corrected chi connectivity index (χ1v) is 4.85. The van der Waals surface area contributed by atoms with Crippen molar-refractivity contribution in [2.45, 2.75) is 0 Å². The van der Waals surface area contributed by atoms with Gasteiger partial charge in [-0.05, 0) is 12.1 Å². The molecule has 2 heterocycles. The van der Waals surface area contributed by atoms with Gasteiger partial charge >= 0.3 is 6.09 Å². The highest BCUT2D eigenvalue weighted by molar-refractivity contribution is 5.97. The van der Waals surface area contributed by atoms with Crippen molar-refractivity contribution < 1.29 is 9.90 Å². The zero-order valence-electron chi connectivity index (χ0n) is 8.29. The number of carboxylic acid groups (broad SMARTS) is 1. The Labute approximate surface area is 91.1 Å². The lowest BCUT2D eigenvalue weighted by Crippen LogP contribution is -2.07. The van der Waals surface area contributed by atoms with E-state index in [-0.39, 0.29) is 0 Å². The van der Waals surface area contributed by atoms with Gasteiger partial charge in [-0.2, -0.15) is 0 Å². The Hall–Kier alpha value is -2.36. The molecule has 0 bridgehead atoms. The van der Waals surface area contributed by atoms with E-state index in [1.54, 1.807) is 12.3 Å². The van der Waals surface area contributed by atoms with Crippen molar-refractivity contribution in [3.8, 4) is 11.3 Å². The number of nitrogens with zero attached hydrogens (tertiary/aromatic N) is 2. The van der Waals surface area contributed by atoms with Crippen LogP contribution < -0.4 is 0 Å². The molecule has 0 radical (unpaired) electrons. The van der Waals surface area contributed by atoms with E-state index in [0.29, 0.717) is 0 Å². The first-order valence-electron chi connectivity index (χ1n) is 4.85. The molecule has 78 valence electrons. The summed E-state index contributed by atoms with van der Waals surface area (Å²) in [6.45, 7) is 0. The van der Waals surface area contributed by atoms with Crippen LogP contribution in [0.4, 0.5) is 4.79 Å². The largest absolute Gasteiger partial charge is 0.464 e. The Morgan fingerprint density at radius 2 is 2.06 bits per heavy atom. The maximum absolute atomic E-state index is 10.8. The highest BCUT2D eigenvalue weighted by Gasteiger charge is 2.12. The van der Waals surface area contributed by atoms with Crippen molar-refractivity contribution in [3.05, 3.63) is 42.7 Å². The van der Waals surface area contributed by atoms with E-state index < -0.39 is 6.09 Å². The molecule has 3 rings (SSSR count). The standard InChI is InChI=1S/C12H8N2O2/c15-12(16)14-6-5-11-9(7-14)8-3-1-2-4-10(8)13-11/h1-7H,(H,15,16). The maximum Gasteiger partial charge on any atom is 0.415 e. The quantitative estimate of drug-likeness (QED) is 0.623. The summed E-state index contributed by atoms with van der Waals surface area (Å²) in [6, 6.07) is 9.40. The third kappa shape index (κ3) is 1.16. The summed E-state index contributed by atoms with van der Waals surface area (Å²) >= 11 is 0. The molecule has 4 nitrogen and oxygen atoms in total. The molecule has 0 saturated heterocycles. The Kier molecular flexibility index (Phi) is 1.71. The van der Waals surface area contributed by atoms with Gasteiger partial charge in [0, 0.05) is 23.3 Å². The summed E-state index contributed by atoms with van der Waals surface area (Å²) in [4.78, 5) is 15.3. The number of hydrogen-bond acceptors (Lipinski definition) is 2. The number of hydrogen-bond donors (Lipinski definition) is 1. The first kappa shape index (κ1) is 8.91. The molecule has 1 N–H and O–H groups in total. The molecule has 0 aliphatic carbocycles. The molecule has 0 saturated carbocycles. The predicted molar refractivity (Wildman–Crippen MR) is 59.8 cm³/mol. The number of pyridine rings is 1. The Bertz CT molecular complexity index is 657. The van der Waals surface area contributed by atoms with Crippen LogP contribution in [0.15, 0.2) is 42.7 Å². The van der Waals surface area contributed by atoms with Crippen molar-refractivity contribution in [1.82, 2.24) is 9.55 Å². The number of benzene rings is 1. The molecule has 0 amide bonds. The summed E-state index contributed by atoms with van der Waals surface area (Å²) in [6.07, 6.45) is 2.09. The Morgan fingerprint density at radius 1 is 1.25 bits per heavy atom. The van der Waals surface area contributed by atoms with Crippen molar-refractivity contribution in [3.63, 3.8) is 0 Å². The van der Waals surface area contributed by atoms with Gasteiger partial charge in [-0.1, -0.05) is 18.2 Å². The SMILES string of the molecule is O=C(O)n1ccc2nc3ccccc3c-2c1. The van der Waals surface area contributed by atoms with Gasteiger partial charge < -0.3 is 5.11 Å². The molecule has 1 aromatic rings. The topological polar surface area (TPSA) is 55.1 Å². The van der Waals surface area contributed by atoms with Crippen molar-refractivity contribution in [2.75, 3.05) is 0 Å². The first-order chi connectivity index (χ1) is 7.75. The fourth-order valence-corrected chi connectivity index (χ4v) is 1.84. The normalized spacial score (nSPS) is 11.0. The van der Waals surface area contributed by atoms with Gasteiger partial charge in [0.05, 0.1) is 11.2 Å². The number of fused-ring (bicyclic) bond motifs is 3. The molecule has 0 fully saturated rings. The minimum atomic E-state index is -0.993. The second kappa shape index (κ2) is 3.06. The maximum atomic E-state index is 10.8. The van der Waals surface area contributed by atoms with Gasteiger partial charge in [-0.15, -0.1) is 0 Å². The Balaban J connectivity index is 2.40. The highest BCUT2D eigenvalue weighted by Crippen LogP contribution is 2.29. The third-order valence-corrected chi connectivity index (χ3v) is 2.59. The molecule has 2 aliphatic rings. The van der Waals surface area contributed by atoms with Crippen LogP contribution in [0.2, 0.25) is 0 Å². The van der Waals surface area contributed by atoms with E-state index in [4.69, 9.17) is 5.11 Å². The number of aromatic nitrogens is 2. The van der Waals surface area contributed by atoms with E-state index >= 15 is 0 Å². The molecule has 1 aromatic carbocycles. The van der Waals surface area contributed by atoms with Crippen LogP contribution in [0, 0.1) is 0 Å². The molecule has 4 heteroatoms. The lowest BCUT2D eigenvalue weighted by Gasteiger charge is -2.02. The van der Waals surface area contributed by atoms with E-state index in [1.807, 2.05) is 24.3 Å². The average Bonchev–Trinajstić information content (AvgIpc) is 2.66. The molecular formula is C12H8N2O2. The number of rotatable bonds is 0. The molecule has 0 spiro atoms. The average molecular weight is 212 g/mol. The summed E-state index contributed by atoms with van der Waals surface area (Å²) < 4.78 is 1.14. The summed E-state index contributed by atoms with van der Waals surface area (Å²) in [5.41, 5.74) is 2.57. The monoisotopic (exact) mass is 212 g/mol. The minimum absolute atomic E-state index is 0.818. The highest BCUT2D eigenvalue weighted by atomic mass is 16.4. The van der Waals surface area contributed by atoms with Crippen LogP contribution in [0.3, 0.4) is 0 Å². The zero-order valence-corrected chi connectivity index (χ0v) is 8.29. The second-order valence-electron chi connectivity index (χ2n) is 3.56. The zero-order chi connectivity index (χ0) is 11.1. The van der Waals surface area contributed by atoms with Gasteiger partial charge in [0.25, 0.3) is 0 Å². The lowest BCUT2D eigenvalue weighted by atomic mass is 10.1. The lowest BCUT2D eigenvalue weighted by molar-refractivity contribution is 0.196. The second-order valence-corrected chi connectivity index (χ2v) is 3.56. The number of carbonyl (C=O) groups is 1. The van der Waals surface area contributed by atoms with Crippen molar-refractivity contribution >= 4 is 17.0 Å². The van der Waals surface area contributed by atoms with E-state index in [0.717, 1.165) is 26.7 Å². The Morgan fingerprint density at radius 3 is 2.88 bits per heavy atom. The summed E-state index contributed by atoms with van der Waals surface area (Å²) in [5, 5.41) is 9.88. The van der Waals surface area contributed by atoms with Gasteiger partial charge in [0.15, 0.2) is 0 Å². The summed E-state index contributed by atoms with van der Waals surface area (Å²) in [7, 11) is 0. The molecule has 0 unspecified atom stereocenters. The van der Waals surface area contributed by atoms with Gasteiger partial charge in [0.1, 0.15) is 0 Å². The van der Waals surface area contributed by atoms with Crippen molar-refractivity contribution in [1.29, 1.82) is 0 Å². The minimum Gasteiger partial charge on any atom is -0.464 e. The van der Waals surface area contributed by atoms with E-state index in [1.165, 1.54) is 6.20 Å². The molecular weight excluding hydrogens is 204 g/mol. The van der Waals surface area contributed by atoms with Crippen LogP contribution in [0.5, 0.6) is 0 Å². The van der Waals surface area contributed by atoms with E-state index in [9.17, 15) is 4.79 Å². The molecule has 16 heavy (non-hydrogen) atoms. The van der Waals surface area contributed by atoms with E-state index in [2.05, 4.69) is 4.98 Å². The van der Waals surface area contributed by atoms with Crippen LogP contribution in [0.1, 0.15) is 0 Å². The van der Waals surface area contributed by atoms with Crippen LogP contribution in [-0.2, 0) is 0 Å². The van der Waals surface area contributed by atoms with Crippen LogP contribution >= 0.6 is 0 Å². The van der Waals surface area contributed by atoms with Crippen molar-refractivity contribution in [2.24, 2.45) is 0 Å². The van der Waals surface area contributed by atoms with Gasteiger partial charge in [-0.25, -0.2) is 9.78 Å².